The minimum Gasteiger partial charge on any atom is -0.442 e. The van der Waals surface area contributed by atoms with Crippen LogP contribution in [0.3, 0.4) is 0 Å². The van der Waals surface area contributed by atoms with E-state index in [4.69, 9.17) is 21.8 Å². The van der Waals surface area contributed by atoms with Crippen LogP contribution in [0.15, 0.2) is 18.2 Å². The first-order valence-corrected chi connectivity index (χ1v) is 8.89. The van der Waals surface area contributed by atoms with Gasteiger partial charge in [-0.05, 0) is 31.9 Å². The highest BCUT2D eigenvalue weighted by Crippen LogP contribution is 2.28. The number of amides is 1. The Morgan fingerprint density at radius 2 is 2.16 bits per heavy atom. The Kier molecular flexibility index (Phi) is 5.70. The monoisotopic (exact) mass is 367 g/mol. The number of rotatable bonds is 5. The molecule has 25 heavy (non-hydrogen) atoms. The molecule has 0 radical (unpaired) electrons. The molecule has 8 heteroatoms. The second kappa shape index (κ2) is 7.97. The Balaban J connectivity index is 1.63. The quantitative estimate of drug-likeness (QED) is 0.808. The van der Waals surface area contributed by atoms with Gasteiger partial charge in [-0.3, -0.25) is 4.90 Å². The highest BCUT2D eigenvalue weighted by atomic mass is 32.1. The van der Waals surface area contributed by atoms with Crippen LogP contribution in [-0.2, 0) is 4.74 Å². The van der Waals surface area contributed by atoms with Crippen LogP contribution in [0, 0.1) is 5.82 Å². The van der Waals surface area contributed by atoms with Crippen LogP contribution < -0.4 is 15.1 Å². The summed E-state index contributed by atoms with van der Waals surface area (Å²) in [6.45, 7) is 4.15. The molecular weight excluding hydrogens is 345 g/mol. The lowest BCUT2D eigenvalue weighted by Crippen LogP contribution is -2.33. The number of piperidine rings is 1. The summed E-state index contributed by atoms with van der Waals surface area (Å²) < 4.78 is 19.7. The molecule has 2 saturated heterocycles. The van der Waals surface area contributed by atoms with E-state index in [2.05, 4.69) is 5.32 Å². The fraction of sp³-hybridized carbons (Fsp3) is 0.529. The highest BCUT2D eigenvalue weighted by Gasteiger charge is 2.32. The molecule has 2 heterocycles. The lowest BCUT2D eigenvalue weighted by Gasteiger charge is -2.26. The number of nitrogens with one attached hydrogen (secondary N) is 1. The largest absolute Gasteiger partial charge is 0.442 e. The van der Waals surface area contributed by atoms with Crippen LogP contribution in [0.1, 0.15) is 26.2 Å². The van der Waals surface area contributed by atoms with E-state index < -0.39 is 11.9 Å². The lowest BCUT2D eigenvalue weighted by atomic mass is 10.2. The van der Waals surface area contributed by atoms with Crippen molar-refractivity contribution in [3.05, 3.63) is 24.0 Å². The van der Waals surface area contributed by atoms with Crippen molar-refractivity contribution in [3.8, 4) is 5.75 Å². The Morgan fingerprint density at radius 1 is 1.40 bits per heavy atom. The Labute approximate surface area is 151 Å². The first kappa shape index (κ1) is 17.9. The van der Waals surface area contributed by atoms with E-state index in [1.807, 2.05) is 0 Å². The highest BCUT2D eigenvalue weighted by molar-refractivity contribution is 7.80. The summed E-state index contributed by atoms with van der Waals surface area (Å²) in [6, 6.07) is 4.53. The van der Waals surface area contributed by atoms with Gasteiger partial charge in [-0.2, -0.15) is 0 Å². The van der Waals surface area contributed by atoms with E-state index in [1.54, 1.807) is 24.1 Å². The molecule has 0 aromatic heterocycles. The molecule has 136 valence electrons. The molecule has 0 bridgehead atoms. The van der Waals surface area contributed by atoms with Gasteiger partial charge >= 0.3 is 6.09 Å². The first-order chi connectivity index (χ1) is 12.0. The normalized spacial score (nSPS) is 21.1. The second-order valence-corrected chi connectivity index (χ2v) is 6.86. The number of nitrogens with zero attached hydrogens (tertiary/aromatic N) is 2. The summed E-state index contributed by atoms with van der Waals surface area (Å²) in [5.74, 6) is -0.319. The number of anilines is 1. The Morgan fingerprint density at radius 3 is 2.84 bits per heavy atom. The zero-order valence-electron chi connectivity index (χ0n) is 14.2. The summed E-state index contributed by atoms with van der Waals surface area (Å²) in [4.78, 5) is 19.7. The number of halogens is 1. The zero-order valence-corrected chi connectivity index (χ0v) is 15.0. The molecule has 2 aliphatic heterocycles. The third kappa shape index (κ3) is 4.58. The minimum absolute atomic E-state index is 0.174. The molecule has 1 aromatic carbocycles. The van der Waals surface area contributed by atoms with Crippen molar-refractivity contribution in [3.63, 3.8) is 0 Å². The number of carbonyl (C=O) groups is 1. The zero-order chi connectivity index (χ0) is 17.8. The predicted molar refractivity (Wildman–Crippen MR) is 96.3 cm³/mol. The maximum Gasteiger partial charge on any atom is 0.414 e. The smallest absolute Gasteiger partial charge is 0.414 e. The summed E-state index contributed by atoms with van der Waals surface area (Å²) in [6.07, 6.45) is 2.47. The average Bonchev–Trinajstić information content (AvgIpc) is 2.97. The number of hydrogen-bond acceptors (Lipinski definition) is 5. The summed E-state index contributed by atoms with van der Waals surface area (Å²) in [5.41, 5.74) is 0.454. The summed E-state index contributed by atoms with van der Waals surface area (Å²) in [7, 11) is 0. The third-order valence-corrected chi connectivity index (χ3v) is 4.37. The van der Waals surface area contributed by atoms with Gasteiger partial charge < -0.3 is 14.9 Å². The van der Waals surface area contributed by atoms with E-state index in [-0.39, 0.29) is 11.9 Å². The van der Waals surface area contributed by atoms with Crippen LogP contribution in [0.2, 0.25) is 0 Å². The Bertz CT molecular complexity index is 652. The number of carbonyl (C=O) groups excluding carboxylic acids is 1. The van der Waals surface area contributed by atoms with Gasteiger partial charge in [0.25, 0.3) is 0 Å². The number of cyclic esters (lactones) is 1. The van der Waals surface area contributed by atoms with Crippen molar-refractivity contribution in [1.29, 1.82) is 0 Å². The van der Waals surface area contributed by atoms with Crippen molar-refractivity contribution in [2.75, 3.05) is 31.1 Å². The lowest BCUT2D eigenvalue weighted by molar-refractivity contribution is -0.0748. The van der Waals surface area contributed by atoms with Crippen LogP contribution in [0.5, 0.6) is 5.75 Å². The van der Waals surface area contributed by atoms with Gasteiger partial charge in [0.05, 0.1) is 23.8 Å². The van der Waals surface area contributed by atoms with E-state index in [0.29, 0.717) is 23.8 Å². The molecule has 0 saturated carbocycles. The Hall–Kier alpha value is -1.93. The minimum atomic E-state index is -0.493. The average molecular weight is 367 g/mol. The molecule has 3 rings (SSSR count). The van der Waals surface area contributed by atoms with Gasteiger partial charge in [0, 0.05) is 19.2 Å². The van der Waals surface area contributed by atoms with E-state index in [0.717, 1.165) is 25.9 Å². The van der Waals surface area contributed by atoms with Gasteiger partial charge in [0.1, 0.15) is 6.10 Å². The van der Waals surface area contributed by atoms with Gasteiger partial charge in [0.15, 0.2) is 11.6 Å². The molecule has 1 amide bonds. The fourth-order valence-electron chi connectivity index (χ4n) is 2.92. The molecule has 0 spiro atoms. The van der Waals surface area contributed by atoms with Crippen molar-refractivity contribution in [1.82, 2.24) is 10.4 Å². The van der Waals surface area contributed by atoms with Gasteiger partial charge in [-0.25, -0.2) is 9.18 Å². The summed E-state index contributed by atoms with van der Waals surface area (Å²) in [5, 5.41) is 4.75. The molecule has 2 aliphatic rings. The fourth-order valence-corrected chi connectivity index (χ4v) is 3.01. The van der Waals surface area contributed by atoms with Gasteiger partial charge in [0.2, 0.25) is 0 Å². The maximum absolute atomic E-state index is 14.4. The molecule has 2 fully saturated rings. The van der Waals surface area contributed by atoms with E-state index in [1.165, 1.54) is 17.4 Å². The molecule has 1 N–H and O–H groups in total. The van der Waals surface area contributed by atoms with Crippen LogP contribution >= 0.6 is 12.2 Å². The number of ether oxygens (including phenoxy) is 1. The second-order valence-electron chi connectivity index (χ2n) is 6.25. The standard InChI is InChI=1S/C17H22FN3O3S/c1-12(25)19-10-14-11-21(17(22)23-14)13-5-6-16(15(18)9-13)24-20-7-3-2-4-8-20/h5-6,9,14H,2-4,7-8,10-11H2,1H3,(H,19,25). The van der Waals surface area contributed by atoms with Gasteiger partial charge in [-0.1, -0.05) is 18.6 Å². The van der Waals surface area contributed by atoms with Crippen molar-refractivity contribution in [2.45, 2.75) is 32.3 Å². The number of hydroxylamine groups is 2. The SMILES string of the molecule is CC(=S)NCC1CN(c2ccc(ON3CCCCC3)c(F)c2)C(=O)O1. The van der Waals surface area contributed by atoms with Crippen LogP contribution in [0.25, 0.3) is 0 Å². The molecule has 1 atom stereocenters. The van der Waals surface area contributed by atoms with E-state index in [9.17, 15) is 9.18 Å². The topological polar surface area (TPSA) is 54.0 Å². The predicted octanol–water partition coefficient (Wildman–Crippen LogP) is 2.87. The van der Waals surface area contributed by atoms with Crippen molar-refractivity contribution < 1.29 is 18.8 Å². The molecular formula is C17H22FN3O3S. The number of hydrogen-bond donors (Lipinski definition) is 1. The molecule has 0 aliphatic carbocycles. The molecule has 1 aromatic rings. The maximum atomic E-state index is 14.4. The number of thiocarbonyl (C=S) groups is 1. The first-order valence-electron chi connectivity index (χ1n) is 8.48. The van der Waals surface area contributed by atoms with Crippen LogP contribution in [0.4, 0.5) is 14.9 Å². The molecule has 6 nitrogen and oxygen atoms in total. The number of benzene rings is 1. The molecule has 1 unspecified atom stereocenters. The third-order valence-electron chi connectivity index (χ3n) is 4.22. The van der Waals surface area contributed by atoms with Crippen LogP contribution in [-0.4, -0.2) is 48.4 Å². The van der Waals surface area contributed by atoms with Crippen molar-refractivity contribution in [2.24, 2.45) is 0 Å². The van der Waals surface area contributed by atoms with E-state index >= 15 is 0 Å². The van der Waals surface area contributed by atoms with Crippen molar-refractivity contribution >= 4 is 29.0 Å². The summed E-state index contributed by atoms with van der Waals surface area (Å²) >= 11 is 4.95. The van der Waals surface area contributed by atoms with Gasteiger partial charge in [-0.15, -0.1) is 5.06 Å².